The van der Waals surface area contributed by atoms with E-state index in [1.807, 2.05) is 18.2 Å². The van der Waals surface area contributed by atoms with Crippen molar-refractivity contribution < 1.29 is 5.11 Å². The van der Waals surface area contributed by atoms with Gasteiger partial charge in [0.15, 0.2) is 0 Å². The van der Waals surface area contributed by atoms with Gasteiger partial charge < -0.3 is 5.11 Å². The molecule has 1 heterocycles. The molecule has 0 aliphatic heterocycles. The zero-order valence-electron chi connectivity index (χ0n) is 11.8. The van der Waals surface area contributed by atoms with Gasteiger partial charge in [-0.3, -0.25) is 0 Å². The molecule has 2 nitrogen and oxygen atoms in total. The van der Waals surface area contributed by atoms with E-state index < -0.39 is 0 Å². The van der Waals surface area contributed by atoms with Crippen molar-refractivity contribution in [3.8, 4) is 23.1 Å². The Balaban J connectivity index is 1.92. The van der Waals surface area contributed by atoms with Crippen LogP contribution in [0.2, 0.25) is 0 Å². The van der Waals surface area contributed by atoms with Gasteiger partial charge in [0.1, 0.15) is 0 Å². The summed E-state index contributed by atoms with van der Waals surface area (Å²) in [7, 11) is 0. The normalized spacial score (nSPS) is 10.5. The highest BCUT2D eigenvalue weighted by molar-refractivity contribution is 9.10. The van der Waals surface area contributed by atoms with E-state index in [4.69, 9.17) is 5.11 Å². The molecule has 3 rings (SSSR count). The molecule has 0 radical (unpaired) electrons. The molecule has 0 unspecified atom stereocenters. The Labute approximate surface area is 142 Å². The molecule has 22 heavy (non-hydrogen) atoms. The summed E-state index contributed by atoms with van der Waals surface area (Å²) in [5, 5.41) is 9.92. The molecule has 0 aliphatic carbocycles. The first-order valence-electron chi connectivity index (χ1n) is 7.03. The number of halogens is 1. The van der Waals surface area contributed by atoms with Gasteiger partial charge in [0, 0.05) is 34.0 Å². The molecule has 0 amide bonds. The van der Waals surface area contributed by atoms with Crippen molar-refractivity contribution in [2.45, 2.75) is 12.8 Å². The number of unbranched alkanes of at least 4 members (excludes halogenated alkanes) is 1. The molecule has 0 atom stereocenters. The number of hydrogen-bond acceptors (Lipinski definition) is 3. The highest BCUT2D eigenvalue weighted by Gasteiger charge is 2.08. The van der Waals surface area contributed by atoms with Crippen LogP contribution in [0.3, 0.4) is 0 Å². The molecule has 4 heteroatoms. The molecule has 0 aliphatic rings. The summed E-state index contributed by atoms with van der Waals surface area (Å²) in [5.74, 6) is 6.22. The lowest BCUT2D eigenvalue weighted by Gasteiger charge is -1.99. The average Bonchev–Trinajstić information content (AvgIpc) is 2.95. The Hall–Kier alpha value is -1.67. The Kier molecular flexibility index (Phi) is 4.89. The summed E-state index contributed by atoms with van der Waals surface area (Å²) in [6.07, 6.45) is 1.45. The first-order valence-corrected chi connectivity index (χ1v) is 8.59. The van der Waals surface area contributed by atoms with E-state index in [1.54, 1.807) is 0 Å². The summed E-state index contributed by atoms with van der Waals surface area (Å²) < 4.78 is 6.80. The zero-order chi connectivity index (χ0) is 15.4. The van der Waals surface area contributed by atoms with Crippen molar-refractivity contribution in [3.05, 3.63) is 52.5 Å². The summed E-state index contributed by atoms with van der Waals surface area (Å²) in [5.41, 5.74) is 3.14. The number of aliphatic hydroxyl groups excluding tert-OH is 1. The standard InChI is InChI=1S/C18H14BrNOS/c19-15-8-6-14(7-9-15)18-16-10-5-13(4-2-1-3-11-21)12-17(16)22-20-18/h5-10,12,21H,1,3,11H2. The third-order valence-corrected chi connectivity index (χ3v) is 4.62. The average molecular weight is 372 g/mol. The largest absolute Gasteiger partial charge is 0.396 e. The minimum atomic E-state index is 0.194. The first kappa shape index (κ1) is 15.2. The summed E-state index contributed by atoms with van der Waals surface area (Å²) in [6, 6.07) is 14.4. The van der Waals surface area contributed by atoms with Crippen LogP contribution in [0.15, 0.2) is 46.9 Å². The number of nitrogens with zero attached hydrogens (tertiary/aromatic N) is 1. The molecule has 0 saturated carbocycles. The third-order valence-electron chi connectivity index (χ3n) is 3.28. The van der Waals surface area contributed by atoms with Crippen molar-refractivity contribution >= 4 is 37.5 Å². The summed E-state index contributed by atoms with van der Waals surface area (Å²) in [4.78, 5) is 0. The van der Waals surface area contributed by atoms with Gasteiger partial charge in [-0.15, -0.1) is 0 Å². The van der Waals surface area contributed by atoms with Crippen molar-refractivity contribution in [1.29, 1.82) is 0 Å². The quantitative estimate of drug-likeness (QED) is 0.527. The monoisotopic (exact) mass is 371 g/mol. The number of aliphatic hydroxyl groups is 1. The van der Waals surface area contributed by atoms with Gasteiger partial charge in [-0.1, -0.05) is 46.0 Å². The molecule has 1 aromatic heterocycles. The fraction of sp³-hybridized carbons (Fsp3) is 0.167. The number of fused-ring (bicyclic) bond motifs is 1. The fourth-order valence-corrected chi connectivity index (χ4v) is 3.26. The van der Waals surface area contributed by atoms with E-state index >= 15 is 0 Å². The van der Waals surface area contributed by atoms with Gasteiger partial charge in [0.05, 0.1) is 10.4 Å². The van der Waals surface area contributed by atoms with Crippen molar-refractivity contribution in [3.63, 3.8) is 0 Å². The van der Waals surface area contributed by atoms with Crippen molar-refractivity contribution in [2.24, 2.45) is 0 Å². The van der Waals surface area contributed by atoms with Crippen molar-refractivity contribution in [2.75, 3.05) is 6.61 Å². The van der Waals surface area contributed by atoms with E-state index in [0.717, 1.165) is 44.2 Å². The van der Waals surface area contributed by atoms with E-state index in [-0.39, 0.29) is 6.61 Å². The van der Waals surface area contributed by atoms with Gasteiger partial charge in [-0.25, -0.2) is 0 Å². The molecule has 1 N–H and O–H groups in total. The number of hydrogen-bond donors (Lipinski definition) is 1. The van der Waals surface area contributed by atoms with Crippen LogP contribution in [0.25, 0.3) is 21.3 Å². The molecule has 0 saturated heterocycles. The Morgan fingerprint density at radius 2 is 1.95 bits per heavy atom. The van der Waals surface area contributed by atoms with Gasteiger partial charge in [0.2, 0.25) is 0 Å². The van der Waals surface area contributed by atoms with E-state index in [0.29, 0.717) is 0 Å². The lowest BCUT2D eigenvalue weighted by Crippen LogP contribution is -1.80. The molecule has 110 valence electrons. The Morgan fingerprint density at radius 1 is 1.14 bits per heavy atom. The SMILES string of the molecule is OCCCC#Cc1ccc2c(-c3ccc(Br)cc3)nsc2c1. The number of rotatable bonds is 3. The second kappa shape index (κ2) is 7.06. The topological polar surface area (TPSA) is 33.1 Å². The molecule has 0 bridgehead atoms. The van der Waals surface area contributed by atoms with Crippen LogP contribution in [-0.2, 0) is 0 Å². The maximum Gasteiger partial charge on any atom is 0.0919 e. The van der Waals surface area contributed by atoms with Crippen LogP contribution in [0.4, 0.5) is 0 Å². The van der Waals surface area contributed by atoms with Crippen LogP contribution in [0.5, 0.6) is 0 Å². The Morgan fingerprint density at radius 3 is 2.73 bits per heavy atom. The van der Waals surface area contributed by atoms with Crippen molar-refractivity contribution in [1.82, 2.24) is 4.37 Å². The first-order chi connectivity index (χ1) is 10.8. The van der Waals surface area contributed by atoms with Gasteiger partial charge in [-0.05, 0) is 42.2 Å². The lowest BCUT2D eigenvalue weighted by molar-refractivity contribution is 0.290. The maximum atomic E-state index is 8.76. The highest BCUT2D eigenvalue weighted by Crippen LogP contribution is 2.31. The van der Waals surface area contributed by atoms with Crippen LogP contribution in [0, 0.1) is 11.8 Å². The minimum absolute atomic E-state index is 0.194. The van der Waals surface area contributed by atoms with Gasteiger partial charge in [-0.2, -0.15) is 4.37 Å². The van der Waals surface area contributed by atoms with Crippen LogP contribution >= 0.6 is 27.5 Å². The predicted octanol–water partition coefficient (Wildman–Crippen LogP) is 4.85. The van der Waals surface area contributed by atoms with Crippen LogP contribution < -0.4 is 0 Å². The number of aromatic nitrogens is 1. The van der Waals surface area contributed by atoms with Gasteiger partial charge >= 0.3 is 0 Å². The highest BCUT2D eigenvalue weighted by atomic mass is 79.9. The van der Waals surface area contributed by atoms with Crippen LogP contribution in [-0.4, -0.2) is 16.1 Å². The fourth-order valence-electron chi connectivity index (χ4n) is 2.16. The van der Waals surface area contributed by atoms with Gasteiger partial charge in [0.25, 0.3) is 0 Å². The third kappa shape index (κ3) is 3.38. The predicted molar refractivity (Wildman–Crippen MR) is 96.0 cm³/mol. The second-order valence-electron chi connectivity index (χ2n) is 4.88. The molecule has 2 aromatic carbocycles. The molecule has 3 aromatic rings. The van der Waals surface area contributed by atoms with E-state index in [1.165, 1.54) is 11.5 Å². The molecule has 0 spiro atoms. The molecular formula is C18H14BrNOS. The zero-order valence-corrected chi connectivity index (χ0v) is 14.2. The summed E-state index contributed by atoms with van der Waals surface area (Å²) in [6.45, 7) is 0.194. The maximum absolute atomic E-state index is 8.76. The Bertz CT molecular complexity index is 843. The summed E-state index contributed by atoms with van der Waals surface area (Å²) >= 11 is 4.96. The minimum Gasteiger partial charge on any atom is -0.396 e. The molecule has 0 fully saturated rings. The number of benzene rings is 2. The van der Waals surface area contributed by atoms with Crippen LogP contribution in [0.1, 0.15) is 18.4 Å². The molecular weight excluding hydrogens is 358 g/mol. The van der Waals surface area contributed by atoms with E-state index in [9.17, 15) is 0 Å². The second-order valence-corrected chi connectivity index (χ2v) is 6.60. The lowest BCUT2D eigenvalue weighted by atomic mass is 10.1. The smallest absolute Gasteiger partial charge is 0.0919 e. The van der Waals surface area contributed by atoms with E-state index in [2.05, 4.69) is 56.4 Å².